The van der Waals surface area contributed by atoms with Crippen molar-refractivity contribution in [1.82, 2.24) is 4.98 Å². The van der Waals surface area contributed by atoms with Gasteiger partial charge in [-0.1, -0.05) is 109 Å². The van der Waals surface area contributed by atoms with Crippen LogP contribution in [0.3, 0.4) is 0 Å². The molecule has 0 N–H and O–H groups in total. The summed E-state index contributed by atoms with van der Waals surface area (Å²) in [5.41, 5.74) is 13.0. The minimum Gasteiger partial charge on any atom is -0.398 e. The highest BCUT2D eigenvalue weighted by Gasteiger charge is 2.52. The highest BCUT2D eigenvalue weighted by Crippen LogP contribution is 2.47. The lowest BCUT2D eigenvalue weighted by atomic mass is 9.82. The van der Waals surface area contributed by atoms with Crippen LogP contribution in [0.5, 0.6) is 0 Å². The molecule has 0 unspecified atom stereocenters. The van der Waals surface area contributed by atoms with Gasteiger partial charge in [-0.15, -0.1) is 0 Å². The van der Waals surface area contributed by atoms with Crippen molar-refractivity contribution in [1.29, 1.82) is 0 Å². The second-order valence-electron chi connectivity index (χ2n) is 14.1. The van der Waals surface area contributed by atoms with Crippen molar-refractivity contribution in [3.63, 3.8) is 0 Å². The molecule has 0 radical (unpaired) electrons. The number of rotatable bonds is 3. The Kier molecular flexibility index (Phi) is 6.28. The number of pyridine rings is 1. The first-order valence-electron chi connectivity index (χ1n) is 16.7. The molecule has 4 heteroatoms. The zero-order valence-corrected chi connectivity index (χ0v) is 27.3. The Morgan fingerprint density at radius 2 is 1.06 bits per heavy atom. The molecule has 3 nitrogen and oxygen atoms in total. The minimum atomic E-state index is -0.490. The largest absolute Gasteiger partial charge is 0.514 e. The summed E-state index contributed by atoms with van der Waals surface area (Å²) in [6.07, 6.45) is 13.1. The Morgan fingerprint density at radius 3 is 1.55 bits per heavy atom. The molecule has 0 atom stereocenters. The molecule has 1 saturated heterocycles. The number of fused-ring (bicyclic) bond motifs is 2. The van der Waals surface area contributed by atoms with Crippen molar-refractivity contribution in [2.24, 2.45) is 0 Å². The van der Waals surface area contributed by atoms with E-state index in [4.69, 9.17) is 14.3 Å². The van der Waals surface area contributed by atoms with Gasteiger partial charge >= 0.3 is 7.12 Å². The first-order chi connectivity index (χ1) is 22.8. The van der Waals surface area contributed by atoms with Crippen molar-refractivity contribution in [2.45, 2.75) is 51.7 Å². The van der Waals surface area contributed by atoms with Crippen molar-refractivity contribution >= 4 is 46.4 Å². The van der Waals surface area contributed by atoms with E-state index in [0.717, 1.165) is 24.0 Å². The smallest absolute Gasteiger partial charge is 0.398 e. The Hall–Kier alpha value is -4.77. The summed E-state index contributed by atoms with van der Waals surface area (Å²) in [7, 11) is -0.490. The summed E-state index contributed by atoms with van der Waals surface area (Å²) in [5.74, 6) is 0. The molecular weight excluding hydrogens is 573 g/mol. The van der Waals surface area contributed by atoms with Crippen LogP contribution in [0.15, 0.2) is 109 Å². The predicted octanol–water partition coefficient (Wildman–Crippen LogP) is 9.83. The fraction of sp³-hybridized carbons (Fsp3) is 0.186. The summed E-state index contributed by atoms with van der Waals surface area (Å²) in [6.45, 7) is 8.30. The maximum atomic E-state index is 6.30. The van der Waals surface area contributed by atoms with Crippen LogP contribution in [0.2, 0.25) is 0 Å². The molecule has 0 saturated carbocycles. The fourth-order valence-corrected chi connectivity index (χ4v) is 7.74. The SMILES string of the molecule is CC1(C)OB(c2ccc(-c3c4ccccc4c(-c4cc5c6c(c4)CC=Cc4cccc(c4-6)C=CC5)c4ccccc34)cn2)OC1(C)C. The molecule has 2 heterocycles. The Labute approximate surface area is 276 Å². The number of nitrogens with zero attached hydrogens (tertiary/aromatic N) is 1. The molecule has 1 aliphatic heterocycles. The number of hydrogen-bond donors (Lipinski definition) is 0. The van der Waals surface area contributed by atoms with E-state index in [1.54, 1.807) is 0 Å². The van der Waals surface area contributed by atoms with Gasteiger partial charge in [0.15, 0.2) is 0 Å². The number of benzene rings is 5. The maximum Gasteiger partial charge on any atom is 0.514 e. The van der Waals surface area contributed by atoms with E-state index >= 15 is 0 Å². The quantitative estimate of drug-likeness (QED) is 0.148. The molecule has 0 bridgehead atoms. The first-order valence-corrected chi connectivity index (χ1v) is 16.7. The van der Waals surface area contributed by atoms with E-state index < -0.39 is 18.3 Å². The zero-order valence-electron chi connectivity index (χ0n) is 27.3. The monoisotopic (exact) mass is 609 g/mol. The molecule has 0 spiro atoms. The lowest BCUT2D eigenvalue weighted by molar-refractivity contribution is 0.00578. The topological polar surface area (TPSA) is 31.4 Å². The Bertz CT molecular complexity index is 2180. The van der Waals surface area contributed by atoms with Crippen LogP contribution < -0.4 is 5.59 Å². The third-order valence-corrected chi connectivity index (χ3v) is 10.7. The third kappa shape index (κ3) is 4.39. The van der Waals surface area contributed by atoms with Crippen molar-refractivity contribution in [2.75, 3.05) is 0 Å². The lowest BCUT2D eigenvalue weighted by Crippen LogP contribution is -2.41. The summed E-state index contributed by atoms with van der Waals surface area (Å²) < 4.78 is 12.6. The molecule has 3 aliphatic rings. The highest BCUT2D eigenvalue weighted by molar-refractivity contribution is 6.61. The Balaban J connectivity index is 1.23. The number of hydrogen-bond acceptors (Lipinski definition) is 3. The summed E-state index contributed by atoms with van der Waals surface area (Å²) in [4.78, 5) is 4.91. The van der Waals surface area contributed by atoms with E-state index in [-0.39, 0.29) is 0 Å². The van der Waals surface area contributed by atoms with Gasteiger partial charge in [-0.05, 0) is 118 Å². The fourth-order valence-electron chi connectivity index (χ4n) is 7.74. The van der Waals surface area contributed by atoms with Gasteiger partial charge in [0.25, 0.3) is 0 Å². The molecule has 228 valence electrons. The lowest BCUT2D eigenvalue weighted by Gasteiger charge is -2.32. The van der Waals surface area contributed by atoms with Gasteiger partial charge in [0, 0.05) is 11.8 Å². The van der Waals surface area contributed by atoms with E-state index in [2.05, 4.69) is 143 Å². The molecule has 1 aromatic heterocycles. The van der Waals surface area contributed by atoms with Gasteiger partial charge < -0.3 is 9.31 Å². The van der Waals surface area contributed by atoms with Crippen molar-refractivity contribution in [3.8, 4) is 33.4 Å². The Morgan fingerprint density at radius 1 is 0.553 bits per heavy atom. The van der Waals surface area contributed by atoms with Crippen LogP contribution in [-0.4, -0.2) is 23.3 Å². The average Bonchev–Trinajstić information content (AvgIpc) is 3.24. The second-order valence-corrected chi connectivity index (χ2v) is 14.1. The molecule has 6 aromatic rings. The summed E-state index contributed by atoms with van der Waals surface area (Å²) in [6, 6.07) is 33.5. The molecular formula is C43H36BNO2. The third-order valence-electron chi connectivity index (χ3n) is 10.7. The standard InChI is InChI=1S/C43H36BNO2/c1-42(2)43(3,4)47-44(46-42)37-23-22-31(26-45-37)40-33-18-5-7-20-35(33)41(36-21-8-6-19-34(36)40)32-24-29-16-10-14-27-12-9-13-28-15-11-17-30(25-32)39(29)38(27)28/h5-15,18-26H,16-17H2,1-4H3. The molecule has 47 heavy (non-hydrogen) atoms. The van der Waals surface area contributed by atoms with Gasteiger partial charge in [0.1, 0.15) is 0 Å². The van der Waals surface area contributed by atoms with Crippen LogP contribution >= 0.6 is 0 Å². The van der Waals surface area contributed by atoms with Gasteiger partial charge in [0.05, 0.1) is 16.8 Å². The van der Waals surface area contributed by atoms with Crippen LogP contribution in [0.4, 0.5) is 0 Å². The summed E-state index contributed by atoms with van der Waals surface area (Å²) >= 11 is 0. The molecule has 0 amide bonds. The van der Waals surface area contributed by atoms with Gasteiger partial charge in [-0.3, -0.25) is 4.98 Å². The normalized spacial score (nSPS) is 17.1. The minimum absolute atomic E-state index is 0.411. The molecule has 1 fully saturated rings. The van der Waals surface area contributed by atoms with E-state index in [1.807, 2.05) is 6.20 Å². The van der Waals surface area contributed by atoms with E-state index in [9.17, 15) is 0 Å². The van der Waals surface area contributed by atoms with Gasteiger partial charge in [0.2, 0.25) is 0 Å². The van der Waals surface area contributed by atoms with Crippen LogP contribution in [-0.2, 0) is 22.2 Å². The average molecular weight is 610 g/mol. The van der Waals surface area contributed by atoms with Crippen LogP contribution in [0, 0.1) is 0 Å². The second kappa shape index (κ2) is 10.4. The molecule has 5 aromatic carbocycles. The number of aromatic nitrogens is 1. The van der Waals surface area contributed by atoms with Crippen molar-refractivity contribution < 1.29 is 9.31 Å². The van der Waals surface area contributed by atoms with Crippen LogP contribution in [0.1, 0.15) is 49.9 Å². The molecule has 9 rings (SSSR count). The predicted molar refractivity (Wildman–Crippen MR) is 197 cm³/mol. The zero-order chi connectivity index (χ0) is 31.9. The van der Waals surface area contributed by atoms with Crippen LogP contribution in [0.25, 0.3) is 67.1 Å². The van der Waals surface area contributed by atoms with Gasteiger partial charge in [-0.2, -0.15) is 0 Å². The number of allylic oxidation sites excluding steroid dienone is 2. The molecule has 2 aliphatic carbocycles. The van der Waals surface area contributed by atoms with E-state index in [0.29, 0.717) is 0 Å². The highest BCUT2D eigenvalue weighted by atomic mass is 16.7. The van der Waals surface area contributed by atoms with Crippen molar-refractivity contribution in [3.05, 3.63) is 132 Å². The summed E-state index contributed by atoms with van der Waals surface area (Å²) in [5, 5.41) is 4.94. The van der Waals surface area contributed by atoms with E-state index in [1.165, 1.54) is 71.6 Å². The van der Waals surface area contributed by atoms with Gasteiger partial charge in [-0.25, -0.2) is 0 Å². The maximum absolute atomic E-state index is 6.30. The first kappa shape index (κ1) is 28.5.